The number of aliphatic hydroxyl groups excluding tert-OH is 3. The Balaban J connectivity index is 2.32. The van der Waals surface area contributed by atoms with Gasteiger partial charge in [-0.1, -0.05) is 55.5 Å². The highest BCUT2D eigenvalue weighted by Crippen LogP contribution is 2.26. The maximum atomic E-state index is 10.5. The van der Waals surface area contributed by atoms with Crippen LogP contribution in [0.4, 0.5) is 0 Å². The molecule has 0 aromatic carbocycles. The van der Waals surface area contributed by atoms with Crippen molar-refractivity contribution in [3.8, 4) is 0 Å². The average Bonchev–Trinajstić information content (AvgIpc) is 3.03. The third-order valence-electron chi connectivity index (χ3n) is 4.47. The van der Waals surface area contributed by atoms with Crippen LogP contribution in [0.1, 0.15) is 51.9 Å². The molecule has 0 radical (unpaired) electrons. The second kappa shape index (κ2) is 14.3. The van der Waals surface area contributed by atoms with Crippen LogP contribution in [0.2, 0.25) is 0 Å². The quantitative estimate of drug-likeness (QED) is 0.358. The lowest BCUT2D eigenvalue weighted by Gasteiger charge is -2.16. The molecule has 5 atom stereocenters. The van der Waals surface area contributed by atoms with E-state index >= 15 is 0 Å². The molecule has 0 bridgehead atoms. The number of carboxylic acid groups (broad SMARTS) is 1. The highest BCUT2D eigenvalue weighted by atomic mass is 16.5. The van der Waals surface area contributed by atoms with Crippen LogP contribution in [0.5, 0.6) is 0 Å². The summed E-state index contributed by atoms with van der Waals surface area (Å²) < 4.78 is 5.73. The van der Waals surface area contributed by atoms with Gasteiger partial charge < -0.3 is 25.2 Å². The van der Waals surface area contributed by atoms with Crippen LogP contribution in [-0.2, 0) is 9.53 Å². The maximum absolute atomic E-state index is 10.5. The molecule has 1 saturated heterocycles. The summed E-state index contributed by atoms with van der Waals surface area (Å²) >= 11 is 0. The lowest BCUT2D eigenvalue weighted by atomic mass is 10.0. The molecule has 0 aromatic heterocycles. The number of hydrogen-bond acceptors (Lipinski definition) is 5. The number of aliphatic hydroxyl groups is 3. The van der Waals surface area contributed by atoms with Gasteiger partial charge in [-0.2, -0.15) is 0 Å². The van der Waals surface area contributed by atoms with Gasteiger partial charge in [0.15, 0.2) is 0 Å². The zero-order valence-electron chi connectivity index (χ0n) is 16.6. The van der Waals surface area contributed by atoms with Crippen molar-refractivity contribution in [1.82, 2.24) is 0 Å². The predicted molar refractivity (Wildman–Crippen MR) is 109 cm³/mol. The molecule has 0 saturated carbocycles. The lowest BCUT2D eigenvalue weighted by molar-refractivity contribution is -0.137. The normalized spacial score (nSPS) is 25.5. The van der Waals surface area contributed by atoms with Gasteiger partial charge in [0.1, 0.15) is 0 Å². The minimum Gasteiger partial charge on any atom is -0.481 e. The molecule has 1 rings (SSSR count). The molecule has 1 aliphatic heterocycles. The van der Waals surface area contributed by atoms with Crippen LogP contribution in [0.3, 0.4) is 0 Å². The van der Waals surface area contributed by atoms with E-state index in [4.69, 9.17) is 9.84 Å². The highest BCUT2D eigenvalue weighted by Gasteiger charge is 2.36. The Labute approximate surface area is 167 Å². The van der Waals surface area contributed by atoms with E-state index in [0.717, 1.165) is 19.3 Å². The number of carbonyl (C=O) groups is 1. The smallest absolute Gasteiger partial charge is 0.303 e. The Hall–Kier alpha value is -1.73. The summed E-state index contributed by atoms with van der Waals surface area (Å²) in [6, 6.07) is 0. The van der Waals surface area contributed by atoms with Gasteiger partial charge in [-0.05, 0) is 32.1 Å². The molecule has 0 amide bonds. The number of rotatable bonds is 13. The van der Waals surface area contributed by atoms with Gasteiger partial charge in [-0.15, -0.1) is 0 Å². The SMILES string of the molecule is CC/C=C\C/C=C\C/C=C\C[C@@H]1O[C@H]([C@H](O)/C=C/[C@@H](O)CCC(=O)O)C[C@@H]1O. The molecule has 0 spiro atoms. The van der Waals surface area contributed by atoms with E-state index in [-0.39, 0.29) is 18.9 Å². The van der Waals surface area contributed by atoms with Crippen molar-refractivity contribution in [3.05, 3.63) is 48.6 Å². The van der Waals surface area contributed by atoms with Crippen molar-refractivity contribution in [2.24, 2.45) is 0 Å². The Kier molecular flexibility index (Phi) is 12.4. The molecule has 1 fully saturated rings. The molecular formula is C22H34O6. The van der Waals surface area contributed by atoms with Crippen LogP contribution in [0.25, 0.3) is 0 Å². The van der Waals surface area contributed by atoms with Crippen molar-refractivity contribution in [3.63, 3.8) is 0 Å². The molecule has 4 N–H and O–H groups in total. The van der Waals surface area contributed by atoms with E-state index in [2.05, 4.69) is 31.2 Å². The summed E-state index contributed by atoms with van der Waals surface area (Å²) in [7, 11) is 0. The average molecular weight is 395 g/mol. The number of carboxylic acids is 1. The van der Waals surface area contributed by atoms with E-state index in [1.54, 1.807) is 0 Å². The van der Waals surface area contributed by atoms with Crippen molar-refractivity contribution >= 4 is 5.97 Å². The van der Waals surface area contributed by atoms with Gasteiger partial charge in [0.05, 0.1) is 30.5 Å². The monoisotopic (exact) mass is 394 g/mol. The topological polar surface area (TPSA) is 107 Å². The summed E-state index contributed by atoms with van der Waals surface area (Å²) in [6.45, 7) is 2.11. The van der Waals surface area contributed by atoms with Crippen molar-refractivity contribution < 1.29 is 30.0 Å². The van der Waals surface area contributed by atoms with Crippen molar-refractivity contribution in [2.45, 2.75) is 82.4 Å². The third kappa shape index (κ3) is 10.6. The lowest BCUT2D eigenvalue weighted by Crippen LogP contribution is -2.24. The van der Waals surface area contributed by atoms with Gasteiger partial charge in [-0.25, -0.2) is 0 Å². The first-order chi connectivity index (χ1) is 13.4. The van der Waals surface area contributed by atoms with Gasteiger partial charge in [0.2, 0.25) is 0 Å². The third-order valence-corrected chi connectivity index (χ3v) is 4.47. The molecule has 1 heterocycles. The highest BCUT2D eigenvalue weighted by molar-refractivity contribution is 5.66. The predicted octanol–water partition coefficient (Wildman–Crippen LogP) is 2.90. The fourth-order valence-electron chi connectivity index (χ4n) is 2.87. The van der Waals surface area contributed by atoms with Crippen LogP contribution in [-0.4, -0.2) is 56.9 Å². The van der Waals surface area contributed by atoms with E-state index < -0.39 is 30.4 Å². The first-order valence-electron chi connectivity index (χ1n) is 9.98. The second-order valence-electron chi connectivity index (χ2n) is 6.92. The Morgan fingerprint density at radius 2 is 1.71 bits per heavy atom. The molecule has 0 aliphatic carbocycles. The molecule has 0 aromatic rings. The second-order valence-corrected chi connectivity index (χ2v) is 6.92. The van der Waals surface area contributed by atoms with E-state index in [1.165, 1.54) is 12.2 Å². The van der Waals surface area contributed by atoms with Crippen LogP contribution < -0.4 is 0 Å². The van der Waals surface area contributed by atoms with Crippen LogP contribution in [0, 0.1) is 0 Å². The van der Waals surface area contributed by atoms with Crippen molar-refractivity contribution in [2.75, 3.05) is 0 Å². The molecule has 6 heteroatoms. The van der Waals surface area contributed by atoms with Crippen LogP contribution in [0.15, 0.2) is 48.6 Å². The van der Waals surface area contributed by atoms with Gasteiger partial charge >= 0.3 is 5.97 Å². The largest absolute Gasteiger partial charge is 0.481 e. The minimum atomic E-state index is -0.977. The summed E-state index contributed by atoms with van der Waals surface area (Å²) in [5, 5.41) is 38.5. The summed E-state index contributed by atoms with van der Waals surface area (Å²) in [5.74, 6) is -0.977. The standard InChI is InChI=1S/C22H34O6/c1-2-3-4-5-6-7-8-9-10-11-20-19(25)16-21(28-20)18(24)14-12-17(23)13-15-22(26)27/h3-4,6-7,9-10,12,14,17-21,23-25H,2,5,8,11,13,15-16H2,1H3,(H,26,27)/b4-3-,7-6-,10-9-,14-12+/t17-,18-,19+,20+,21+/m1/s1. The van der Waals surface area contributed by atoms with E-state index in [1.807, 2.05) is 12.2 Å². The zero-order chi connectivity index (χ0) is 20.8. The van der Waals surface area contributed by atoms with E-state index in [0.29, 0.717) is 12.8 Å². The Bertz CT molecular complexity index is 551. The fraction of sp³-hybridized carbons (Fsp3) is 0.591. The molecule has 0 unspecified atom stereocenters. The molecule has 28 heavy (non-hydrogen) atoms. The molecule has 158 valence electrons. The summed E-state index contributed by atoms with van der Waals surface area (Å²) in [5.41, 5.74) is 0. The maximum Gasteiger partial charge on any atom is 0.303 e. The van der Waals surface area contributed by atoms with E-state index in [9.17, 15) is 20.1 Å². The first-order valence-corrected chi connectivity index (χ1v) is 9.98. The number of ether oxygens (including phenoxy) is 1. The van der Waals surface area contributed by atoms with Gasteiger partial charge in [-0.3, -0.25) is 4.79 Å². The molecule has 6 nitrogen and oxygen atoms in total. The summed E-state index contributed by atoms with van der Waals surface area (Å²) in [4.78, 5) is 10.5. The van der Waals surface area contributed by atoms with Gasteiger partial charge in [0.25, 0.3) is 0 Å². The number of hydrogen-bond donors (Lipinski definition) is 4. The minimum absolute atomic E-state index is 0.0868. The Morgan fingerprint density at radius 1 is 1.07 bits per heavy atom. The van der Waals surface area contributed by atoms with Crippen molar-refractivity contribution in [1.29, 1.82) is 0 Å². The number of allylic oxidation sites excluding steroid dienone is 5. The number of aliphatic carboxylic acids is 1. The fourth-order valence-corrected chi connectivity index (χ4v) is 2.87. The molecule has 1 aliphatic rings. The Morgan fingerprint density at radius 3 is 2.36 bits per heavy atom. The van der Waals surface area contributed by atoms with Crippen LogP contribution >= 0.6 is 0 Å². The first kappa shape index (κ1) is 24.3. The zero-order valence-corrected chi connectivity index (χ0v) is 16.6. The summed E-state index contributed by atoms with van der Waals surface area (Å²) in [6.07, 6.45) is 15.5. The van der Waals surface area contributed by atoms with Gasteiger partial charge in [0, 0.05) is 12.8 Å². The molecular weight excluding hydrogens is 360 g/mol.